The third-order valence-corrected chi connectivity index (χ3v) is 4.38. The van der Waals surface area contributed by atoms with Crippen LogP contribution in [0, 0.1) is 5.82 Å². The Morgan fingerprint density at radius 1 is 1.12 bits per heavy atom. The average Bonchev–Trinajstić information content (AvgIpc) is 2.76. The van der Waals surface area contributed by atoms with E-state index >= 15 is 0 Å². The summed E-state index contributed by atoms with van der Waals surface area (Å²) in [6, 6.07) is 4.77. The van der Waals surface area contributed by atoms with Gasteiger partial charge in [0.1, 0.15) is 11.6 Å². The number of nitrogens with one attached hydrogen (secondary N) is 1. The molecule has 0 aliphatic carbocycles. The van der Waals surface area contributed by atoms with Crippen LogP contribution in [0.25, 0.3) is 0 Å². The Hall–Kier alpha value is -2.88. The van der Waals surface area contributed by atoms with Crippen molar-refractivity contribution < 1.29 is 13.9 Å². The predicted molar refractivity (Wildman–Crippen MR) is 139 cm³/mol. The van der Waals surface area contributed by atoms with Crippen molar-refractivity contribution in [2.45, 2.75) is 74.1 Å². The second-order valence-corrected chi connectivity index (χ2v) is 7.37. The largest absolute Gasteiger partial charge is 0.417 e. The van der Waals surface area contributed by atoms with Gasteiger partial charge in [0.05, 0.1) is 5.69 Å². The van der Waals surface area contributed by atoms with E-state index in [1.807, 2.05) is 58.9 Å². The fourth-order valence-electron chi connectivity index (χ4n) is 2.17. The van der Waals surface area contributed by atoms with E-state index in [4.69, 9.17) is 4.74 Å². The zero-order valence-corrected chi connectivity index (χ0v) is 21.4. The molecule has 0 bridgehead atoms. The summed E-state index contributed by atoms with van der Waals surface area (Å²) in [5, 5.41) is 2.46. The van der Waals surface area contributed by atoms with Crippen molar-refractivity contribution in [1.82, 2.24) is 0 Å². The van der Waals surface area contributed by atoms with Crippen molar-refractivity contribution in [2.75, 3.05) is 5.32 Å². The molecule has 0 saturated carbocycles. The molecule has 32 heavy (non-hydrogen) atoms. The van der Waals surface area contributed by atoms with E-state index in [1.54, 1.807) is 37.3 Å². The van der Waals surface area contributed by atoms with Gasteiger partial charge in [0.15, 0.2) is 0 Å². The molecular weight excluding hydrogens is 401 g/mol. The summed E-state index contributed by atoms with van der Waals surface area (Å²) in [6.07, 6.45) is 13.2. The molecule has 0 fully saturated rings. The number of halogens is 1. The maximum atomic E-state index is 13.9. The minimum absolute atomic E-state index is 0.0898. The minimum atomic E-state index is -0.712. The summed E-state index contributed by atoms with van der Waals surface area (Å²) >= 11 is 0. The standard InChI is InChI=1S/C18H24FNO2.C8H12.C2H6/c1-6-9-14(7-2)22-17(21)20-16-12-13(10-11-15(16)19)18(4,5)8-3;1-4-5-6-7-8(2)3;1-2/h6-7,9-12H,8H2,1-5H3,(H,20,21);4-7H,2H2,1,3H3;1-2H3/b9-6-,14-7+;5-4-,7-6-;. The lowest BCUT2D eigenvalue weighted by molar-refractivity contribution is 0.194. The molecule has 178 valence electrons. The lowest BCUT2D eigenvalue weighted by Crippen LogP contribution is -2.18. The second-order valence-electron chi connectivity index (χ2n) is 7.37. The third kappa shape index (κ3) is 13.4. The van der Waals surface area contributed by atoms with Crippen molar-refractivity contribution in [1.29, 1.82) is 0 Å². The molecule has 1 aromatic rings. The quantitative estimate of drug-likeness (QED) is 0.337. The van der Waals surface area contributed by atoms with E-state index in [0.29, 0.717) is 5.76 Å². The Bertz CT molecular complexity index is 815. The Balaban J connectivity index is 0. The van der Waals surface area contributed by atoms with Crippen LogP contribution in [0.4, 0.5) is 14.9 Å². The van der Waals surface area contributed by atoms with Gasteiger partial charge in [-0.2, -0.15) is 0 Å². The summed E-state index contributed by atoms with van der Waals surface area (Å²) in [6.45, 7) is 21.5. The smallest absolute Gasteiger partial charge is 0.410 e. The van der Waals surface area contributed by atoms with Crippen molar-refractivity contribution in [3.8, 4) is 0 Å². The number of hydrogen-bond acceptors (Lipinski definition) is 2. The van der Waals surface area contributed by atoms with Gasteiger partial charge in [-0.1, -0.05) is 83.2 Å². The molecule has 0 radical (unpaired) electrons. The van der Waals surface area contributed by atoms with Gasteiger partial charge in [0.25, 0.3) is 0 Å². The van der Waals surface area contributed by atoms with E-state index in [0.717, 1.165) is 17.6 Å². The fraction of sp³-hybridized carbons (Fsp3) is 0.393. The number of anilines is 1. The SMILES string of the molecule is C/C=C\C(=C/C)OC(=O)Nc1cc(C(C)(C)CC)ccc1F.C=C(C)/C=C\C=C/C.CC. The molecule has 0 aromatic heterocycles. The summed E-state index contributed by atoms with van der Waals surface area (Å²) in [4.78, 5) is 11.9. The van der Waals surface area contributed by atoms with Crippen LogP contribution in [0.2, 0.25) is 0 Å². The number of carbonyl (C=O) groups is 1. The Kier molecular flexibility index (Phi) is 17.4. The second kappa shape index (κ2) is 17.8. The molecule has 0 atom stereocenters. The Morgan fingerprint density at radius 3 is 2.22 bits per heavy atom. The number of carbonyl (C=O) groups excluding carboxylic acids is 1. The topological polar surface area (TPSA) is 38.3 Å². The van der Waals surface area contributed by atoms with Gasteiger partial charge in [-0.05, 0) is 69.4 Å². The average molecular weight is 444 g/mol. The summed E-state index contributed by atoms with van der Waals surface area (Å²) in [7, 11) is 0. The molecular formula is C28H42FNO2. The van der Waals surface area contributed by atoms with Gasteiger partial charge in [-0.3, -0.25) is 5.32 Å². The van der Waals surface area contributed by atoms with E-state index in [9.17, 15) is 9.18 Å². The van der Waals surface area contributed by atoms with Crippen molar-refractivity contribution in [3.05, 3.63) is 90.0 Å². The molecule has 1 amide bonds. The van der Waals surface area contributed by atoms with Crippen molar-refractivity contribution >= 4 is 11.8 Å². The molecule has 0 heterocycles. The highest BCUT2D eigenvalue weighted by atomic mass is 19.1. The lowest BCUT2D eigenvalue weighted by Gasteiger charge is -2.24. The summed E-state index contributed by atoms with van der Waals surface area (Å²) < 4.78 is 19.0. The number of benzene rings is 1. The predicted octanol–water partition coefficient (Wildman–Crippen LogP) is 9.26. The van der Waals surface area contributed by atoms with E-state index < -0.39 is 11.9 Å². The van der Waals surface area contributed by atoms with Crippen LogP contribution in [0.15, 0.2) is 78.6 Å². The highest BCUT2D eigenvalue weighted by molar-refractivity contribution is 5.85. The van der Waals surface area contributed by atoms with Gasteiger partial charge >= 0.3 is 6.09 Å². The zero-order valence-electron chi connectivity index (χ0n) is 21.4. The highest BCUT2D eigenvalue weighted by Gasteiger charge is 2.20. The molecule has 1 aromatic carbocycles. The maximum Gasteiger partial charge on any atom is 0.417 e. The van der Waals surface area contributed by atoms with Crippen LogP contribution in [0.3, 0.4) is 0 Å². The molecule has 1 N–H and O–H groups in total. The van der Waals surface area contributed by atoms with Gasteiger partial charge in [0.2, 0.25) is 0 Å². The van der Waals surface area contributed by atoms with Crippen LogP contribution in [-0.2, 0) is 10.2 Å². The first-order chi connectivity index (χ1) is 15.1. The van der Waals surface area contributed by atoms with E-state index in [2.05, 4.69) is 32.7 Å². The molecule has 0 spiro atoms. The van der Waals surface area contributed by atoms with Gasteiger partial charge < -0.3 is 4.74 Å². The molecule has 4 heteroatoms. The van der Waals surface area contributed by atoms with Crippen LogP contribution < -0.4 is 5.32 Å². The minimum Gasteiger partial charge on any atom is -0.410 e. The number of rotatable bonds is 7. The van der Waals surface area contributed by atoms with E-state index in [-0.39, 0.29) is 11.1 Å². The number of ether oxygens (including phenoxy) is 1. The number of allylic oxidation sites excluding steroid dienone is 8. The molecule has 0 saturated heterocycles. The van der Waals surface area contributed by atoms with Crippen molar-refractivity contribution in [3.63, 3.8) is 0 Å². The van der Waals surface area contributed by atoms with Crippen LogP contribution in [0.1, 0.15) is 74.3 Å². The maximum absolute atomic E-state index is 13.9. The number of amides is 1. The monoisotopic (exact) mass is 443 g/mol. The first kappa shape index (κ1) is 31.3. The molecule has 3 nitrogen and oxygen atoms in total. The third-order valence-electron chi connectivity index (χ3n) is 4.38. The van der Waals surface area contributed by atoms with Gasteiger partial charge in [-0.15, -0.1) is 0 Å². The molecule has 0 aliphatic heterocycles. The van der Waals surface area contributed by atoms with Crippen LogP contribution in [0.5, 0.6) is 0 Å². The Labute approximate surface area is 195 Å². The summed E-state index contributed by atoms with van der Waals surface area (Å²) in [5.41, 5.74) is 2.09. The fourth-order valence-corrected chi connectivity index (χ4v) is 2.17. The Morgan fingerprint density at radius 2 is 1.75 bits per heavy atom. The number of hydrogen-bond donors (Lipinski definition) is 1. The summed E-state index contributed by atoms with van der Waals surface area (Å²) in [5.74, 6) is -0.0777. The van der Waals surface area contributed by atoms with E-state index in [1.165, 1.54) is 6.07 Å². The van der Waals surface area contributed by atoms with Gasteiger partial charge in [-0.25, -0.2) is 9.18 Å². The van der Waals surface area contributed by atoms with Crippen LogP contribution in [-0.4, -0.2) is 6.09 Å². The van der Waals surface area contributed by atoms with Crippen molar-refractivity contribution in [2.24, 2.45) is 0 Å². The molecule has 0 unspecified atom stereocenters. The molecule has 1 rings (SSSR count). The molecule has 0 aliphatic rings. The lowest BCUT2D eigenvalue weighted by atomic mass is 9.82. The zero-order chi connectivity index (χ0) is 25.2. The van der Waals surface area contributed by atoms with Crippen LogP contribution >= 0.6 is 0 Å². The first-order valence-corrected chi connectivity index (χ1v) is 11.1. The van der Waals surface area contributed by atoms with Gasteiger partial charge in [0, 0.05) is 0 Å². The highest BCUT2D eigenvalue weighted by Crippen LogP contribution is 2.29. The normalized spacial score (nSPS) is 11.6. The first-order valence-electron chi connectivity index (χ1n) is 11.1.